The molecule has 20 heavy (non-hydrogen) atoms. The van der Waals surface area contributed by atoms with Gasteiger partial charge < -0.3 is 15.4 Å². The number of rotatable bonds is 8. The number of hydrogen-bond acceptors (Lipinski definition) is 2. The Kier molecular flexibility index (Phi) is 8.23. The van der Waals surface area contributed by atoms with Crippen molar-refractivity contribution >= 4 is 17.3 Å². The third-order valence-corrected chi connectivity index (χ3v) is 3.34. The van der Waals surface area contributed by atoms with Crippen molar-refractivity contribution in [1.29, 1.82) is 0 Å². The monoisotopic (exact) mass is 294 g/mol. The molecule has 0 atom stereocenters. The van der Waals surface area contributed by atoms with Crippen molar-refractivity contribution in [3.05, 3.63) is 35.4 Å². The molecule has 112 valence electrons. The highest BCUT2D eigenvalue weighted by Gasteiger charge is 2.00. The van der Waals surface area contributed by atoms with E-state index in [9.17, 15) is 0 Å². The van der Waals surface area contributed by atoms with E-state index in [-0.39, 0.29) is 0 Å². The van der Waals surface area contributed by atoms with Crippen molar-refractivity contribution in [3.8, 4) is 0 Å². The highest BCUT2D eigenvalue weighted by atomic mass is 32.1. The summed E-state index contributed by atoms with van der Waals surface area (Å²) in [5, 5.41) is 7.10. The average Bonchev–Trinajstić information content (AvgIpc) is 2.45. The van der Waals surface area contributed by atoms with Gasteiger partial charge in [-0.15, -0.1) is 0 Å². The SMILES string of the molecule is CCOCCCNC(=S)NCc1ccc(C(C)C)cc1. The molecular formula is C16H26N2OS. The van der Waals surface area contributed by atoms with Gasteiger partial charge in [-0.1, -0.05) is 38.1 Å². The van der Waals surface area contributed by atoms with E-state index in [1.807, 2.05) is 6.92 Å². The van der Waals surface area contributed by atoms with Crippen LogP contribution in [0.1, 0.15) is 44.2 Å². The van der Waals surface area contributed by atoms with Crippen molar-refractivity contribution in [2.45, 2.75) is 39.7 Å². The lowest BCUT2D eigenvalue weighted by Gasteiger charge is -2.11. The van der Waals surface area contributed by atoms with Crippen LogP contribution in [0.25, 0.3) is 0 Å². The average molecular weight is 294 g/mol. The summed E-state index contributed by atoms with van der Waals surface area (Å²) in [6, 6.07) is 8.67. The minimum absolute atomic E-state index is 0.574. The Morgan fingerprint density at radius 3 is 2.50 bits per heavy atom. The normalized spacial score (nSPS) is 10.6. The quantitative estimate of drug-likeness (QED) is 0.570. The summed E-state index contributed by atoms with van der Waals surface area (Å²) in [5.41, 5.74) is 2.61. The zero-order valence-corrected chi connectivity index (χ0v) is 13.6. The van der Waals surface area contributed by atoms with Crippen LogP contribution in [0.5, 0.6) is 0 Å². The maximum absolute atomic E-state index is 5.27. The van der Waals surface area contributed by atoms with Gasteiger partial charge in [-0.3, -0.25) is 0 Å². The second kappa shape index (κ2) is 9.72. The number of ether oxygens (including phenoxy) is 1. The largest absolute Gasteiger partial charge is 0.382 e. The molecule has 0 saturated carbocycles. The molecule has 4 heteroatoms. The molecule has 3 nitrogen and oxygen atoms in total. The Morgan fingerprint density at radius 1 is 1.20 bits per heavy atom. The van der Waals surface area contributed by atoms with Gasteiger partial charge in [0, 0.05) is 26.3 Å². The van der Waals surface area contributed by atoms with Crippen LogP contribution >= 0.6 is 12.2 Å². The van der Waals surface area contributed by atoms with Crippen molar-refractivity contribution < 1.29 is 4.74 Å². The molecule has 0 fully saturated rings. The van der Waals surface area contributed by atoms with Gasteiger partial charge >= 0.3 is 0 Å². The zero-order chi connectivity index (χ0) is 14.8. The molecular weight excluding hydrogens is 268 g/mol. The zero-order valence-electron chi connectivity index (χ0n) is 12.7. The molecule has 1 aromatic rings. The summed E-state index contributed by atoms with van der Waals surface area (Å²) in [5.74, 6) is 0.574. The summed E-state index contributed by atoms with van der Waals surface area (Å²) >= 11 is 5.24. The Hall–Kier alpha value is -1.13. The first-order valence-electron chi connectivity index (χ1n) is 7.31. The van der Waals surface area contributed by atoms with Crippen LogP contribution in [0.3, 0.4) is 0 Å². The van der Waals surface area contributed by atoms with Crippen molar-refractivity contribution in [3.63, 3.8) is 0 Å². The predicted molar refractivity (Wildman–Crippen MR) is 89.1 cm³/mol. The van der Waals surface area contributed by atoms with E-state index in [1.54, 1.807) is 0 Å². The van der Waals surface area contributed by atoms with Crippen LogP contribution in [0.15, 0.2) is 24.3 Å². The maximum Gasteiger partial charge on any atom is 0.166 e. The highest BCUT2D eigenvalue weighted by Crippen LogP contribution is 2.14. The molecule has 0 amide bonds. The number of thiocarbonyl (C=S) groups is 1. The smallest absolute Gasteiger partial charge is 0.166 e. The Labute approximate surface area is 128 Å². The van der Waals surface area contributed by atoms with Gasteiger partial charge in [0.1, 0.15) is 0 Å². The van der Waals surface area contributed by atoms with E-state index in [1.165, 1.54) is 11.1 Å². The van der Waals surface area contributed by atoms with Gasteiger partial charge in [0.25, 0.3) is 0 Å². The van der Waals surface area contributed by atoms with Crippen molar-refractivity contribution in [2.24, 2.45) is 0 Å². The first kappa shape index (κ1) is 16.9. The van der Waals surface area contributed by atoms with Gasteiger partial charge in [-0.25, -0.2) is 0 Å². The molecule has 0 aliphatic rings. The third kappa shape index (κ3) is 6.87. The van der Waals surface area contributed by atoms with Crippen LogP contribution in [-0.4, -0.2) is 24.9 Å². The van der Waals surface area contributed by atoms with Gasteiger partial charge in [-0.2, -0.15) is 0 Å². The van der Waals surface area contributed by atoms with E-state index in [2.05, 4.69) is 48.7 Å². The van der Waals surface area contributed by atoms with Crippen molar-refractivity contribution in [1.82, 2.24) is 10.6 Å². The Bertz CT molecular complexity index is 390. The molecule has 1 rings (SSSR count). The molecule has 2 N–H and O–H groups in total. The van der Waals surface area contributed by atoms with Crippen LogP contribution < -0.4 is 10.6 Å². The van der Waals surface area contributed by atoms with Crippen molar-refractivity contribution in [2.75, 3.05) is 19.8 Å². The fourth-order valence-corrected chi connectivity index (χ4v) is 1.96. The molecule has 1 aromatic carbocycles. The second-order valence-corrected chi connectivity index (χ2v) is 5.46. The van der Waals surface area contributed by atoms with E-state index in [4.69, 9.17) is 17.0 Å². The number of hydrogen-bond donors (Lipinski definition) is 2. The maximum atomic E-state index is 5.27. The summed E-state index contributed by atoms with van der Waals surface area (Å²) in [4.78, 5) is 0. The summed E-state index contributed by atoms with van der Waals surface area (Å²) in [6.07, 6.45) is 0.971. The standard InChI is InChI=1S/C16H26N2OS/c1-4-19-11-5-10-17-16(20)18-12-14-6-8-15(9-7-14)13(2)3/h6-9,13H,4-5,10-12H2,1-3H3,(H2,17,18,20). The molecule has 0 unspecified atom stereocenters. The van der Waals surface area contributed by atoms with Crippen LogP contribution in [0.2, 0.25) is 0 Å². The Morgan fingerprint density at radius 2 is 1.90 bits per heavy atom. The summed E-state index contributed by atoms with van der Waals surface area (Å²) in [7, 11) is 0. The number of benzene rings is 1. The fraction of sp³-hybridized carbons (Fsp3) is 0.562. The lowest BCUT2D eigenvalue weighted by atomic mass is 10.0. The molecule has 0 radical (unpaired) electrons. The van der Waals surface area contributed by atoms with Crippen LogP contribution in [0, 0.1) is 0 Å². The van der Waals surface area contributed by atoms with E-state index in [0.29, 0.717) is 11.0 Å². The van der Waals surface area contributed by atoms with E-state index < -0.39 is 0 Å². The molecule has 0 spiro atoms. The lowest BCUT2D eigenvalue weighted by Crippen LogP contribution is -2.35. The topological polar surface area (TPSA) is 33.3 Å². The van der Waals surface area contributed by atoms with Gasteiger partial charge in [0.15, 0.2) is 5.11 Å². The first-order valence-corrected chi connectivity index (χ1v) is 7.72. The molecule has 0 bridgehead atoms. The van der Waals surface area contributed by atoms with Crippen LogP contribution in [0.4, 0.5) is 0 Å². The fourth-order valence-electron chi connectivity index (χ4n) is 1.79. The minimum Gasteiger partial charge on any atom is -0.382 e. The minimum atomic E-state index is 0.574. The molecule has 0 saturated heterocycles. The lowest BCUT2D eigenvalue weighted by molar-refractivity contribution is 0.145. The summed E-state index contributed by atoms with van der Waals surface area (Å²) < 4.78 is 5.27. The Balaban J connectivity index is 2.20. The third-order valence-electron chi connectivity index (χ3n) is 3.05. The van der Waals surface area contributed by atoms with Gasteiger partial charge in [0.05, 0.1) is 0 Å². The molecule has 0 aliphatic carbocycles. The molecule has 0 aliphatic heterocycles. The molecule has 0 aromatic heterocycles. The molecule has 0 heterocycles. The second-order valence-electron chi connectivity index (χ2n) is 5.06. The summed E-state index contributed by atoms with van der Waals surface area (Å²) in [6.45, 7) is 9.57. The van der Waals surface area contributed by atoms with E-state index >= 15 is 0 Å². The van der Waals surface area contributed by atoms with Gasteiger partial charge in [-0.05, 0) is 42.6 Å². The van der Waals surface area contributed by atoms with Crippen LogP contribution in [-0.2, 0) is 11.3 Å². The van der Waals surface area contributed by atoms with E-state index in [0.717, 1.165) is 32.7 Å². The highest BCUT2D eigenvalue weighted by molar-refractivity contribution is 7.80. The van der Waals surface area contributed by atoms with Gasteiger partial charge in [0.2, 0.25) is 0 Å². The first-order chi connectivity index (χ1) is 9.63. The predicted octanol–water partition coefficient (Wildman–Crippen LogP) is 3.20. The number of nitrogens with one attached hydrogen (secondary N) is 2.